The van der Waals surface area contributed by atoms with Crippen LogP contribution in [0, 0.1) is 27.7 Å². The van der Waals surface area contributed by atoms with Crippen LogP contribution in [0.2, 0.25) is 0 Å². The standard InChI is InChI=1S/C27H28N2O2/c1-17-9-11-22(13-19(17)3)28-25-16-26(21-7-6-8-24(15-21)31-5)29(27(25)30)23-12-10-18(2)20(4)14-23/h6-16,26,28H,1-5H3/t26-/m0/s1. The van der Waals surface area contributed by atoms with E-state index in [1.54, 1.807) is 7.11 Å². The van der Waals surface area contributed by atoms with E-state index in [1.807, 2.05) is 47.4 Å². The number of nitrogens with zero attached hydrogens (tertiary/aromatic N) is 1. The Hall–Kier alpha value is -3.53. The van der Waals surface area contributed by atoms with Crippen LogP contribution in [-0.4, -0.2) is 13.0 Å². The van der Waals surface area contributed by atoms with E-state index in [-0.39, 0.29) is 11.9 Å². The van der Waals surface area contributed by atoms with E-state index >= 15 is 0 Å². The van der Waals surface area contributed by atoms with Crippen molar-refractivity contribution in [3.63, 3.8) is 0 Å². The van der Waals surface area contributed by atoms with Crippen molar-refractivity contribution in [2.75, 3.05) is 17.3 Å². The van der Waals surface area contributed by atoms with Crippen molar-refractivity contribution >= 4 is 17.3 Å². The molecule has 0 aromatic heterocycles. The van der Waals surface area contributed by atoms with E-state index in [0.29, 0.717) is 5.70 Å². The first kappa shape index (κ1) is 20.7. The summed E-state index contributed by atoms with van der Waals surface area (Å²) in [4.78, 5) is 15.4. The molecule has 0 aliphatic carbocycles. The van der Waals surface area contributed by atoms with Crippen molar-refractivity contribution in [1.29, 1.82) is 0 Å². The Balaban J connectivity index is 1.76. The molecule has 1 heterocycles. The molecule has 1 N–H and O–H groups in total. The van der Waals surface area contributed by atoms with Crippen molar-refractivity contribution in [2.24, 2.45) is 0 Å². The highest BCUT2D eigenvalue weighted by molar-refractivity contribution is 6.11. The van der Waals surface area contributed by atoms with E-state index in [9.17, 15) is 4.79 Å². The Labute approximate surface area is 184 Å². The smallest absolute Gasteiger partial charge is 0.275 e. The van der Waals surface area contributed by atoms with Crippen LogP contribution in [0.5, 0.6) is 5.75 Å². The van der Waals surface area contributed by atoms with Crippen LogP contribution in [0.25, 0.3) is 0 Å². The number of methoxy groups -OCH3 is 1. The third-order valence-electron chi connectivity index (χ3n) is 6.04. The highest BCUT2D eigenvalue weighted by Crippen LogP contribution is 2.37. The van der Waals surface area contributed by atoms with Gasteiger partial charge in [-0.3, -0.25) is 9.69 Å². The third-order valence-corrected chi connectivity index (χ3v) is 6.04. The Morgan fingerprint density at radius 1 is 0.839 bits per heavy atom. The molecular weight excluding hydrogens is 384 g/mol. The second kappa shape index (κ2) is 8.31. The van der Waals surface area contributed by atoms with Gasteiger partial charge in [0.25, 0.3) is 5.91 Å². The lowest BCUT2D eigenvalue weighted by Crippen LogP contribution is -2.30. The minimum absolute atomic E-state index is 0.0469. The highest BCUT2D eigenvalue weighted by Gasteiger charge is 2.35. The van der Waals surface area contributed by atoms with Crippen LogP contribution in [-0.2, 0) is 4.79 Å². The second-order valence-corrected chi connectivity index (χ2v) is 8.17. The maximum Gasteiger partial charge on any atom is 0.275 e. The van der Waals surface area contributed by atoms with Crippen molar-refractivity contribution in [1.82, 2.24) is 0 Å². The van der Waals surface area contributed by atoms with Crippen LogP contribution in [0.3, 0.4) is 0 Å². The molecule has 3 aromatic carbocycles. The van der Waals surface area contributed by atoms with Crippen molar-refractivity contribution in [3.05, 3.63) is 100 Å². The number of carbonyl (C=O) groups excluding carboxylic acids is 1. The van der Waals surface area contributed by atoms with Gasteiger partial charge < -0.3 is 10.1 Å². The van der Waals surface area contributed by atoms with Gasteiger partial charge in [-0.05, 0) is 98.0 Å². The van der Waals surface area contributed by atoms with Gasteiger partial charge in [-0.15, -0.1) is 0 Å². The first-order chi connectivity index (χ1) is 14.9. The molecule has 1 aliphatic heterocycles. The molecule has 0 bridgehead atoms. The maximum atomic E-state index is 13.6. The van der Waals surface area contributed by atoms with Gasteiger partial charge in [-0.1, -0.05) is 24.3 Å². The first-order valence-electron chi connectivity index (χ1n) is 10.5. The molecule has 0 saturated carbocycles. The van der Waals surface area contributed by atoms with Crippen LogP contribution in [0.15, 0.2) is 72.4 Å². The number of rotatable bonds is 5. The van der Waals surface area contributed by atoms with Gasteiger partial charge in [0.05, 0.1) is 13.2 Å². The van der Waals surface area contributed by atoms with Crippen molar-refractivity contribution in [3.8, 4) is 5.75 Å². The minimum atomic E-state index is -0.223. The van der Waals surface area contributed by atoms with E-state index in [0.717, 1.165) is 28.3 Å². The Morgan fingerprint density at radius 2 is 1.55 bits per heavy atom. The Kier molecular flexibility index (Phi) is 5.55. The summed E-state index contributed by atoms with van der Waals surface area (Å²) in [6, 6.07) is 20.0. The lowest BCUT2D eigenvalue weighted by atomic mass is 10.0. The number of carbonyl (C=O) groups is 1. The molecule has 0 radical (unpaired) electrons. The molecule has 3 aromatic rings. The van der Waals surface area contributed by atoms with Gasteiger partial charge in [0.2, 0.25) is 0 Å². The number of amides is 1. The third kappa shape index (κ3) is 4.06. The van der Waals surface area contributed by atoms with Crippen molar-refractivity contribution in [2.45, 2.75) is 33.7 Å². The quantitative estimate of drug-likeness (QED) is 0.558. The van der Waals surface area contributed by atoms with Crippen LogP contribution in [0.4, 0.5) is 11.4 Å². The van der Waals surface area contributed by atoms with E-state index in [1.165, 1.54) is 16.7 Å². The second-order valence-electron chi connectivity index (χ2n) is 8.17. The minimum Gasteiger partial charge on any atom is -0.497 e. The first-order valence-corrected chi connectivity index (χ1v) is 10.5. The number of hydrogen-bond acceptors (Lipinski definition) is 3. The summed E-state index contributed by atoms with van der Waals surface area (Å²) in [5.41, 5.74) is 8.15. The van der Waals surface area contributed by atoms with Gasteiger partial charge in [-0.25, -0.2) is 0 Å². The molecule has 4 nitrogen and oxygen atoms in total. The summed E-state index contributed by atoms with van der Waals surface area (Å²) >= 11 is 0. The summed E-state index contributed by atoms with van der Waals surface area (Å²) in [5.74, 6) is 0.725. The molecule has 31 heavy (non-hydrogen) atoms. The van der Waals surface area contributed by atoms with Crippen LogP contribution < -0.4 is 15.0 Å². The summed E-state index contributed by atoms with van der Waals surface area (Å²) < 4.78 is 5.42. The molecule has 0 fully saturated rings. The van der Waals surface area contributed by atoms with Crippen LogP contribution >= 0.6 is 0 Å². The lowest BCUT2D eigenvalue weighted by molar-refractivity contribution is -0.114. The topological polar surface area (TPSA) is 41.6 Å². The number of aryl methyl sites for hydroxylation is 4. The number of ether oxygens (including phenoxy) is 1. The molecule has 1 aliphatic rings. The molecular formula is C27H28N2O2. The monoisotopic (exact) mass is 412 g/mol. The van der Waals surface area contributed by atoms with Crippen molar-refractivity contribution < 1.29 is 9.53 Å². The Morgan fingerprint density at radius 3 is 2.23 bits per heavy atom. The maximum absolute atomic E-state index is 13.6. The molecule has 0 saturated heterocycles. The molecule has 158 valence electrons. The van der Waals surface area contributed by atoms with Gasteiger partial charge in [0.1, 0.15) is 11.4 Å². The molecule has 4 rings (SSSR count). The zero-order valence-corrected chi connectivity index (χ0v) is 18.7. The molecule has 4 heteroatoms. The summed E-state index contributed by atoms with van der Waals surface area (Å²) in [6.07, 6.45) is 2.00. The van der Waals surface area contributed by atoms with E-state index in [4.69, 9.17) is 4.74 Å². The number of nitrogens with one attached hydrogen (secondary N) is 1. The summed E-state index contributed by atoms with van der Waals surface area (Å²) in [7, 11) is 1.66. The lowest BCUT2D eigenvalue weighted by Gasteiger charge is -2.26. The fourth-order valence-corrected chi connectivity index (χ4v) is 3.85. The van der Waals surface area contributed by atoms with Gasteiger partial charge >= 0.3 is 0 Å². The van der Waals surface area contributed by atoms with Gasteiger partial charge in [0.15, 0.2) is 0 Å². The fraction of sp³-hybridized carbons (Fsp3) is 0.222. The van der Waals surface area contributed by atoms with E-state index < -0.39 is 0 Å². The highest BCUT2D eigenvalue weighted by atomic mass is 16.5. The molecule has 0 spiro atoms. The molecule has 0 unspecified atom stereocenters. The molecule has 1 amide bonds. The van der Waals surface area contributed by atoms with Gasteiger partial charge in [-0.2, -0.15) is 0 Å². The number of hydrogen-bond donors (Lipinski definition) is 1. The predicted molar refractivity (Wildman–Crippen MR) is 127 cm³/mol. The predicted octanol–water partition coefficient (Wildman–Crippen LogP) is 6.01. The Bertz CT molecular complexity index is 1180. The SMILES string of the molecule is COc1cccc([C@@H]2C=C(Nc3ccc(C)c(C)c3)C(=O)N2c2ccc(C)c(C)c2)c1. The summed E-state index contributed by atoms with van der Waals surface area (Å²) in [5, 5.41) is 3.35. The zero-order chi connectivity index (χ0) is 22.1. The number of benzene rings is 3. The largest absolute Gasteiger partial charge is 0.497 e. The summed E-state index contributed by atoms with van der Waals surface area (Å²) in [6.45, 7) is 8.31. The fourth-order valence-electron chi connectivity index (χ4n) is 3.85. The van der Waals surface area contributed by atoms with Crippen LogP contribution in [0.1, 0.15) is 33.9 Å². The number of anilines is 2. The average Bonchev–Trinajstić information content (AvgIpc) is 3.09. The average molecular weight is 413 g/mol. The molecule has 1 atom stereocenters. The van der Waals surface area contributed by atoms with Gasteiger partial charge in [0, 0.05) is 11.4 Å². The van der Waals surface area contributed by atoms with E-state index in [2.05, 4.69) is 57.3 Å². The normalized spacial score (nSPS) is 15.8. The zero-order valence-electron chi connectivity index (χ0n) is 18.7.